The molecule has 1 aromatic carbocycles. The van der Waals surface area contributed by atoms with E-state index in [2.05, 4.69) is 25.3 Å². The lowest BCUT2D eigenvalue weighted by Gasteiger charge is -2.08. The molecule has 0 bridgehead atoms. The number of aromatic nitrogens is 4. The second-order valence-electron chi connectivity index (χ2n) is 5.55. The van der Waals surface area contributed by atoms with Crippen molar-refractivity contribution in [2.75, 3.05) is 5.32 Å². The molecule has 25 heavy (non-hydrogen) atoms. The number of hydrogen-bond donors (Lipinski definition) is 2. The first kappa shape index (κ1) is 15.0. The third-order valence-electron chi connectivity index (χ3n) is 3.88. The predicted molar refractivity (Wildman–Crippen MR) is 97.2 cm³/mol. The first-order valence-electron chi connectivity index (χ1n) is 7.88. The Bertz CT molecular complexity index is 1060. The van der Waals surface area contributed by atoms with E-state index < -0.39 is 0 Å². The standard InChI is InChI=1S/C19H15N5O/c25-18-16-15(14-7-4-9-20-12-14)8-10-21-17(16)23-19(24-18)22-11-13-5-2-1-3-6-13/h1-10,12H,11H2,(H2,21,22,23,24,25). The molecule has 4 rings (SSSR count). The van der Waals surface area contributed by atoms with Gasteiger partial charge in [-0.2, -0.15) is 4.98 Å². The number of hydrogen-bond acceptors (Lipinski definition) is 5. The maximum absolute atomic E-state index is 12.6. The normalized spacial score (nSPS) is 10.7. The van der Waals surface area contributed by atoms with Crippen LogP contribution >= 0.6 is 0 Å². The van der Waals surface area contributed by atoms with Crippen LogP contribution in [0.5, 0.6) is 0 Å². The Labute approximate surface area is 143 Å². The molecule has 3 aromatic heterocycles. The first-order valence-corrected chi connectivity index (χ1v) is 7.88. The zero-order valence-electron chi connectivity index (χ0n) is 13.3. The summed E-state index contributed by atoms with van der Waals surface area (Å²) in [7, 11) is 0. The molecule has 0 aliphatic carbocycles. The van der Waals surface area contributed by atoms with Gasteiger partial charge in [-0.1, -0.05) is 36.4 Å². The van der Waals surface area contributed by atoms with Gasteiger partial charge in [-0.25, -0.2) is 4.98 Å². The van der Waals surface area contributed by atoms with Gasteiger partial charge >= 0.3 is 0 Å². The fraction of sp³-hybridized carbons (Fsp3) is 0.0526. The van der Waals surface area contributed by atoms with Crippen molar-refractivity contribution in [3.8, 4) is 11.1 Å². The van der Waals surface area contributed by atoms with E-state index in [-0.39, 0.29) is 5.56 Å². The lowest BCUT2D eigenvalue weighted by Crippen LogP contribution is -2.14. The molecule has 0 unspecified atom stereocenters. The molecule has 3 heterocycles. The lowest BCUT2D eigenvalue weighted by molar-refractivity contribution is 1.05. The van der Waals surface area contributed by atoms with Crippen LogP contribution in [0.1, 0.15) is 5.56 Å². The van der Waals surface area contributed by atoms with E-state index in [1.54, 1.807) is 24.7 Å². The van der Waals surface area contributed by atoms with E-state index in [0.29, 0.717) is 23.5 Å². The van der Waals surface area contributed by atoms with Gasteiger partial charge in [0.1, 0.15) is 0 Å². The number of nitrogens with one attached hydrogen (secondary N) is 2. The number of benzene rings is 1. The van der Waals surface area contributed by atoms with Gasteiger partial charge in [0.25, 0.3) is 5.56 Å². The van der Waals surface area contributed by atoms with Crippen molar-refractivity contribution in [3.63, 3.8) is 0 Å². The second-order valence-corrected chi connectivity index (χ2v) is 5.55. The van der Waals surface area contributed by atoms with E-state index in [1.807, 2.05) is 42.5 Å². The largest absolute Gasteiger partial charge is 0.352 e. The smallest absolute Gasteiger partial charge is 0.262 e. The fourth-order valence-corrected chi connectivity index (χ4v) is 2.69. The van der Waals surface area contributed by atoms with Gasteiger partial charge in [0, 0.05) is 36.3 Å². The molecule has 0 spiro atoms. The van der Waals surface area contributed by atoms with Crippen LogP contribution in [0.25, 0.3) is 22.2 Å². The van der Waals surface area contributed by atoms with Crippen molar-refractivity contribution in [1.29, 1.82) is 0 Å². The van der Waals surface area contributed by atoms with Gasteiger partial charge in [-0.15, -0.1) is 0 Å². The minimum absolute atomic E-state index is 0.229. The molecule has 0 fully saturated rings. The molecule has 6 nitrogen and oxygen atoms in total. The first-order chi connectivity index (χ1) is 12.3. The molecule has 4 aromatic rings. The summed E-state index contributed by atoms with van der Waals surface area (Å²) in [6.07, 6.45) is 5.06. The summed E-state index contributed by atoms with van der Waals surface area (Å²) in [5.41, 5.74) is 2.89. The molecule has 0 aliphatic heterocycles. The monoisotopic (exact) mass is 329 g/mol. The highest BCUT2D eigenvalue weighted by molar-refractivity contribution is 5.91. The van der Waals surface area contributed by atoms with E-state index in [1.165, 1.54) is 0 Å². The van der Waals surface area contributed by atoms with Crippen molar-refractivity contribution in [2.24, 2.45) is 0 Å². The Morgan fingerprint density at radius 2 is 1.88 bits per heavy atom. The zero-order valence-corrected chi connectivity index (χ0v) is 13.3. The highest BCUT2D eigenvalue weighted by atomic mass is 16.1. The Hall–Kier alpha value is -3.54. The Morgan fingerprint density at radius 3 is 2.68 bits per heavy atom. The Morgan fingerprint density at radius 1 is 1.00 bits per heavy atom. The molecule has 0 atom stereocenters. The SMILES string of the molecule is O=c1[nH]c(NCc2ccccc2)nc2nccc(-c3cccnc3)c12. The van der Waals surface area contributed by atoms with Gasteiger partial charge in [0.15, 0.2) is 5.65 Å². The van der Waals surface area contributed by atoms with Crippen molar-refractivity contribution >= 4 is 17.0 Å². The zero-order chi connectivity index (χ0) is 17.1. The summed E-state index contributed by atoms with van der Waals surface area (Å²) in [4.78, 5) is 28.2. The number of anilines is 1. The highest BCUT2D eigenvalue weighted by Crippen LogP contribution is 2.23. The number of nitrogens with zero attached hydrogens (tertiary/aromatic N) is 3. The van der Waals surface area contributed by atoms with Gasteiger partial charge in [-0.3, -0.25) is 14.8 Å². The number of aromatic amines is 1. The van der Waals surface area contributed by atoms with Crippen LogP contribution in [0, 0.1) is 0 Å². The molecule has 0 amide bonds. The van der Waals surface area contributed by atoms with E-state index in [9.17, 15) is 4.79 Å². The van der Waals surface area contributed by atoms with Crippen molar-refractivity contribution in [3.05, 3.63) is 83.0 Å². The van der Waals surface area contributed by atoms with Crippen LogP contribution < -0.4 is 10.9 Å². The average molecular weight is 329 g/mol. The van der Waals surface area contributed by atoms with E-state index >= 15 is 0 Å². The van der Waals surface area contributed by atoms with Crippen LogP contribution in [-0.4, -0.2) is 19.9 Å². The molecule has 0 radical (unpaired) electrons. The van der Waals surface area contributed by atoms with Crippen LogP contribution in [0.3, 0.4) is 0 Å². The van der Waals surface area contributed by atoms with Gasteiger partial charge in [0.05, 0.1) is 5.39 Å². The molecule has 0 saturated heterocycles. The Kier molecular flexibility index (Phi) is 3.92. The highest BCUT2D eigenvalue weighted by Gasteiger charge is 2.11. The van der Waals surface area contributed by atoms with Gasteiger partial charge in [0.2, 0.25) is 5.95 Å². The number of rotatable bonds is 4. The molecule has 0 saturated carbocycles. The van der Waals surface area contributed by atoms with Gasteiger partial charge < -0.3 is 5.32 Å². The molecular formula is C19H15N5O. The second kappa shape index (κ2) is 6.52. The summed E-state index contributed by atoms with van der Waals surface area (Å²) in [6, 6.07) is 15.4. The summed E-state index contributed by atoms with van der Waals surface area (Å²) >= 11 is 0. The maximum atomic E-state index is 12.6. The minimum atomic E-state index is -0.229. The maximum Gasteiger partial charge on any atom is 0.262 e. The quantitative estimate of drug-likeness (QED) is 0.601. The predicted octanol–water partition coefficient (Wildman–Crippen LogP) is 2.99. The van der Waals surface area contributed by atoms with E-state index in [4.69, 9.17) is 0 Å². The third-order valence-corrected chi connectivity index (χ3v) is 3.88. The minimum Gasteiger partial charge on any atom is -0.352 e. The molecule has 6 heteroatoms. The molecule has 0 aliphatic rings. The summed E-state index contributed by atoms with van der Waals surface area (Å²) in [5, 5.41) is 3.59. The fourth-order valence-electron chi connectivity index (χ4n) is 2.69. The Balaban J connectivity index is 1.72. The van der Waals surface area contributed by atoms with Crippen molar-refractivity contribution in [2.45, 2.75) is 6.54 Å². The van der Waals surface area contributed by atoms with Crippen LogP contribution in [0.4, 0.5) is 5.95 Å². The van der Waals surface area contributed by atoms with Gasteiger partial charge in [-0.05, 0) is 17.7 Å². The third kappa shape index (κ3) is 3.10. The summed E-state index contributed by atoms with van der Waals surface area (Å²) in [6.45, 7) is 0.567. The topological polar surface area (TPSA) is 83.6 Å². The summed E-state index contributed by atoms with van der Waals surface area (Å²) in [5.74, 6) is 0.400. The number of pyridine rings is 2. The van der Waals surface area contributed by atoms with Crippen molar-refractivity contribution in [1.82, 2.24) is 19.9 Å². The van der Waals surface area contributed by atoms with Crippen LogP contribution in [0.15, 0.2) is 71.9 Å². The molecule has 2 N–H and O–H groups in total. The van der Waals surface area contributed by atoms with Crippen molar-refractivity contribution < 1.29 is 0 Å². The lowest BCUT2D eigenvalue weighted by atomic mass is 10.1. The summed E-state index contributed by atoms with van der Waals surface area (Å²) < 4.78 is 0. The number of H-pyrrole nitrogens is 1. The van der Waals surface area contributed by atoms with E-state index in [0.717, 1.165) is 16.7 Å². The average Bonchev–Trinajstić information content (AvgIpc) is 2.67. The number of fused-ring (bicyclic) bond motifs is 1. The van der Waals surface area contributed by atoms with Crippen LogP contribution in [0.2, 0.25) is 0 Å². The van der Waals surface area contributed by atoms with Crippen LogP contribution in [-0.2, 0) is 6.54 Å². The molecular weight excluding hydrogens is 314 g/mol. The molecule has 122 valence electrons.